The normalized spacial score (nSPS) is 38.5. The van der Waals surface area contributed by atoms with Crippen molar-refractivity contribution >= 4 is 53.5 Å². The number of benzene rings is 1. The summed E-state index contributed by atoms with van der Waals surface area (Å²) in [4.78, 5) is 117. The first kappa shape index (κ1) is 68.8. The van der Waals surface area contributed by atoms with Crippen LogP contribution >= 0.6 is 0 Å². The molecule has 6 aliphatic rings. The molecular weight excluding hydrogens is 1140 g/mol. The molecule has 0 aromatic heterocycles. The zero-order valence-corrected chi connectivity index (χ0v) is 52.4. The largest absolute Gasteiger partial charge is 0.465 e. The highest BCUT2D eigenvalue weighted by Gasteiger charge is 2.57. The number of nitrogens with one attached hydrogen (secondary N) is 2. The van der Waals surface area contributed by atoms with E-state index >= 15 is 0 Å². The highest BCUT2D eigenvalue weighted by Crippen LogP contribution is 2.46. The Labute approximate surface area is 507 Å². The van der Waals surface area contributed by atoms with Crippen LogP contribution in [0.5, 0.6) is 0 Å². The summed E-state index contributed by atoms with van der Waals surface area (Å²) in [7, 11) is 0. The molecule has 3 N–H and O–H groups in total. The summed E-state index contributed by atoms with van der Waals surface area (Å²) >= 11 is 0. The molecule has 0 spiro atoms. The molecule has 87 heavy (non-hydrogen) atoms. The van der Waals surface area contributed by atoms with Crippen molar-refractivity contribution < 1.29 is 110 Å². The van der Waals surface area contributed by atoms with Gasteiger partial charge in [-0.15, -0.1) is 0 Å². The van der Waals surface area contributed by atoms with Crippen molar-refractivity contribution in [3.63, 3.8) is 0 Å². The molecule has 26 heteroatoms. The Morgan fingerprint density at radius 1 is 0.460 bits per heavy atom. The van der Waals surface area contributed by atoms with Gasteiger partial charge in [0.15, 0.2) is 25.2 Å². The molecule has 5 fully saturated rings. The van der Waals surface area contributed by atoms with E-state index in [0.717, 1.165) is 0 Å². The average molecular weight is 1230 g/mol. The minimum absolute atomic E-state index is 0.120. The second kappa shape index (κ2) is 29.7. The van der Waals surface area contributed by atoms with Crippen LogP contribution in [0.3, 0.4) is 0 Å². The van der Waals surface area contributed by atoms with Crippen LogP contribution in [0.1, 0.15) is 131 Å². The first-order valence-corrected chi connectivity index (χ1v) is 30.1. The average Bonchev–Trinajstić information content (AvgIpc) is 1.78. The predicted octanol–water partition coefficient (Wildman–Crippen LogP) is 3.39. The highest BCUT2D eigenvalue weighted by molar-refractivity contribution is 6.21. The number of rotatable bonds is 21. The fourth-order valence-corrected chi connectivity index (χ4v) is 13.1. The Hall–Kier alpha value is -5.71. The van der Waals surface area contributed by atoms with E-state index in [2.05, 4.69) is 10.6 Å². The van der Waals surface area contributed by atoms with Crippen molar-refractivity contribution in [3.8, 4) is 0 Å². The van der Waals surface area contributed by atoms with E-state index in [4.69, 9.17) is 61.6 Å². The van der Waals surface area contributed by atoms with Gasteiger partial charge in [-0.2, -0.15) is 0 Å². The van der Waals surface area contributed by atoms with E-state index in [-0.39, 0.29) is 68.3 Å². The van der Waals surface area contributed by atoms with Crippen LogP contribution in [-0.2, 0) is 95.1 Å². The van der Waals surface area contributed by atoms with E-state index < -0.39 is 187 Å². The highest BCUT2D eigenvalue weighted by atomic mass is 16.7. The molecule has 7 rings (SSSR count). The number of esters is 5. The summed E-state index contributed by atoms with van der Waals surface area (Å²) in [6.45, 7) is 22.7. The maximum atomic E-state index is 14.2. The van der Waals surface area contributed by atoms with Crippen molar-refractivity contribution in [1.82, 2.24) is 15.5 Å². The van der Waals surface area contributed by atoms with Crippen LogP contribution < -0.4 is 10.6 Å². The minimum Gasteiger partial charge on any atom is -0.465 e. The van der Waals surface area contributed by atoms with Gasteiger partial charge in [0.1, 0.15) is 44.7 Å². The molecule has 13 unspecified atom stereocenters. The number of hydrogen-bond acceptors (Lipinski definition) is 23. The van der Waals surface area contributed by atoms with Crippen molar-refractivity contribution in [2.45, 2.75) is 208 Å². The number of nitrogens with zero attached hydrogens (tertiary/aromatic N) is 1. The van der Waals surface area contributed by atoms with Crippen LogP contribution in [-0.4, -0.2) is 195 Å². The molecule has 5 heterocycles. The van der Waals surface area contributed by atoms with Gasteiger partial charge in [0.25, 0.3) is 11.8 Å². The summed E-state index contributed by atoms with van der Waals surface area (Å²) in [5.41, 5.74) is 0.452. The lowest BCUT2D eigenvalue weighted by atomic mass is 9.71. The molecule has 0 radical (unpaired) electrons. The van der Waals surface area contributed by atoms with Crippen molar-refractivity contribution in [1.29, 1.82) is 0 Å². The Balaban J connectivity index is 1.16. The quantitative estimate of drug-likeness (QED) is 0.0902. The van der Waals surface area contributed by atoms with Gasteiger partial charge in [-0.25, -0.2) is 0 Å². The third-order valence-electron chi connectivity index (χ3n) is 18.4. The number of hydrogen-bond donors (Lipinski definition) is 3. The third-order valence-corrected chi connectivity index (χ3v) is 18.4. The van der Waals surface area contributed by atoms with E-state index in [0.29, 0.717) is 0 Å². The molecule has 26 nitrogen and oxygen atoms in total. The Morgan fingerprint density at radius 3 is 1.38 bits per heavy atom. The van der Waals surface area contributed by atoms with Gasteiger partial charge in [0.2, 0.25) is 11.8 Å². The summed E-state index contributed by atoms with van der Waals surface area (Å²) in [5, 5.41) is 16.7. The first-order chi connectivity index (χ1) is 41.0. The Morgan fingerprint density at radius 2 is 0.862 bits per heavy atom. The van der Waals surface area contributed by atoms with Gasteiger partial charge < -0.3 is 77.3 Å². The van der Waals surface area contributed by atoms with Gasteiger partial charge >= 0.3 is 29.8 Å². The van der Waals surface area contributed by atoms with Crippen molar-refractivity contribution in [3.05, 3.63) is 35.4 Å². The molecule has 4 amide bonds. The van der Waals surface area contributed by atoms with Crippen LogP contribution in [0.2, 0.25) is 0 Å². The molecule has 1 aromatic rings. The topological polar surface area (TPSA) is 321 Å². The fourth-order valence-electron chi connectivity index (χ4n) is 13.1. The van der Waals surface area contributed by atoms with Crippen LogP contribution in [0.25, 0.3) is 0 Å². The maximum Gasteiger partial charge on any atom is 0.302 e. The molecule has 5 aliphatic heterocycles. The molecule has 1 aromatic carbocycles. The number of aliphatic hydroxyl groups excluding tert-OH is 1. The molecule has 0 bridgehead atoms. The Kier molecular flexibility index (Phi) is 23.5. The molecule has 1 aliphatic carbocycles. The number of carbonyl (C=O) groups is 9. The molecule has 25 atom stereocenters. The number of amides is 4. The second-order valence-electron chi connectivity index (χ2n) is 24.5. The van der Waals surface area contributed by atoms with Gasteiger partial charge in [-0.1, -0.05) is 67.5 Å². The minimum atomic E-state index is -1.44. The van der Waals surface area contributed by atoms with Crippen LogP contribution in [0, 0.1) is 53.3 Å². The standard InChI is InChI=1S/C61H89N3O23/c1-26-28(3)51(64-56(72)42-18-16-17-19-43(42)57(64)73)61(82-45(26)22-76-37(12)68)87-53-30(5)31(6)59(83-47(53)24-78-39(14)70)86-55-33(8)50(63-35(10)66)60(84-48(55)25-79-40(15)71)85-52-29(4)27(2)44(20-41(52)21-75-36(11)67)80-54-32(7)49(62-34(9)65)58(74)81-46(54)23-77-38(13)69/h16-19,26-33,41,44-55,58-61,74H,20-25H2,1-15H3,(H,62,65)(H,63,66)/t26?,27-,28?,29+,30+,31-,32?,33?,41?,44?,45-,46?,47?,48?,49+,50+,51?,52?,53?,54+,55+,58-,59?,60+,61-/m0/s1. The molecule has 1 saturated carbocycles. The van der Waals surface area contributed by atoms with Crippen molar-refractivity contribution in [2.24, 2.45) is 53.3 Å². The summed E-state index contributed by atoms with van der Waals surface area (Å²) in [6.07, 6.45) is -12.8. The zero-order valence-electron chi connectivity index (χ0n) is 52.4. The second-order valence-corrected chi connectivity index (χ2v) is 24.5. The van der Waals surface area contributed by atoms with Crippen LogP contribution in [0.15, 0.2) is 24.3 Å². The lowest BCUT2D eigenvalue weighted by Crippen LogP contribution is -2.65. The molecule has 4 saturated heterocycles. The van der Waals surface area contributed by atoms with Gasteiger partial charge in [-0.3, -0.25) is 48.1 Å². The number of aliphatic hydroxyl groups is 1. The SMILES string of the molecule is CC(=O)N[C@@H]1C(C)[C@@H](OC2OC(COC(C)=O)C(O[C@@H]3O[C@@H](COC(C)=O)C(C)C(C)C3N3C(=O)c4ccccc4C3=O)[C@H](C)[C@@H]2C)C(COC(C)=O)O[C@@H]1OC1C(COC(C)=O)CC(O[C@H]2C(COC(C)=O)O[C@H](O)[C@H](NC(C)=O)C2C)[C@@H](C)[C@H]1C. The monoisotopic (exact) mass is 1230 g/mol. The predicted molar refractivity (Wildman–Crippen MR) is 301 cm³/mol. The maximum absolute atomic E-state index is 14.2. The van der Waals surface area contributed by atoms with Gasteiger partial charge in [0, 0.05) is 72.1 Å². The first-order valence-electron chi connectivity index (χ1n) is 30.1. The zero-order chi connectivity index (χ0) is 64.0. The van der Waals surface area contributed by atoms with Crippen LogP contribution in [0.4, 0.5) is 0 Å². The smallest absolute Gasteiger partial charge is 0.302 e. The van der Waals surface area contributed by atoms with E-state index in [1.54, 1.807) is 31.2 Å². The number of fused-ring (bicyclic) bond motifs is 1. The third kappa shape index (κ3) is 16.2. The van der Waals surface area contributed by atoms with Gasteiger partial charge in [0.05, 0.1) is 72.5 Å². The molecular formula is C61H89N3O23. The van der Waals surface area contributed by atoms with E-state index in [1.165, 1.54) is 53.4 Å². The van der Waals surface area contributed by atoms with E-state index in [9.17, 15) is 48.3 Å². The number of ether oxygens (including phenoxy) is 13. The lowest BCUT2D eigenvalue weighted by Gasteiger charge is -2.52. The lowest BCUT2D eigenvalue weighted by molar-refractivity contribution is -0.353. The molecule has 486 valence electrons. The summed E-state index contributed by atoms with van der Waals surface area (Å²) in [6, 6.07) is 3.69. The van der Waals surface area contributed by atoms with Gasteiger partial charge in [-0.05, 0) is 48.1 Å². The van der Waals surface area contributed by atoms with E-state index in [1.807, 2.05) is 48.5 Å². The summed E-state index contributed by atoms with van der Waals surface area (Å²) < 4.78 is 81.7. The summed E-state index contributed by atoms with van der Waals surface area (Å²) in [5.74, 6) is -9.22. The number of imide groups is 1. The fraction of sp³-hybridized carbons (Fsp3) is 0.754. The van der Waals surface area contributed by atoms with Crippen molar-refractivity contribution in [2.75, 3.05) is 33.0 Å². The Bertz CT molecular complexity index is 2600. The number of carbonyl (C=O) groups excluding carboxylic acids is 9.